The zero-order valence-corrected chi connectivity index (χ0v) is 32.4. The van der Waals surface area contributed by atoms with Gasteiger partial charge in [-0.25, -0.2) is 0 Å². The summed E-state index contributed by atoms with van der Waals surface area (Å²) in [5.41, 5.74) is 0.567. The van der Waals surface area contributed by atoms with Gasteiger partial charge in [0.25, 0.3) is 0 Å². The van der Waals surface area contributed by atoms with Crippen molar-refractivity contribution in [3.63, 3.8) is 0 Å². The molecule has 0 spiro atoms. The SMILES string of the molecule is Cc1cc(O[C@@H]2OC(CO)[C@@H](O)C(O)C2O)cc(Oc2c(C)cc(O[C@@H]3OC(CO)[C@@H](O)C(O)C3O)cc2-c2cc(O[C@@H]3OC(CO)[C@@H](O)C(O)C3O)cc(C)c2O)c1O. The van der Waals surface area contributed by atoms with Crippen molar-refractivity contribution in [1.29, 1.82) is 0 Å². The Kier molecular flexibility index (Phi) is 14.0. The van der Waals surface area contributed by atoms with Crippen LogP contribution in [0.3, 0.4) is 0 Å². The van der Waals surface area contributed by atoms with Crippen LogP contribution in [0.4, 0.5) is 0 Å². The number of aliphatic hydroxyl groups excluding tert-OH is 12. The zero-order valence-electron chi connectivity index (χ0n) is 32.4. The van der Waals surface area contributed by atoms with Gasteiger partial charge in [-0.15, -0.1) is 0 Å². The number of aliphatic hydroxyl groups is 12. The van der Waals surface area contributed by atoms with E-state index in [4.69, 9.17) is 33.2 Å². The van der Waals surface area contributed by atoms with Gasteiger partial charge in [-0.1, -0.05) is 0 Å². The number of benzene rings is 3. The molecule has 9 unspecified atom stereocenters. The van der Waals surface area contributed by atoms with Gasteiger partial charge in [-0.3, -0.25) is 0 Å². The summed E-state index contributed by atoms with van der Waals surface area (Å²) < 4.78 is 40.4. The van der Waals surface area contributed by atoms with E-state index >= 15 is 0 Å². The maximum absolute atomic E-state index is 11.5. The van der Waals surface area contributed by atoms with Gasteiger partial charge in [0, 0.05) is 17.2 Å². The second kappa shape index (κ2) is 18.5. The highest BCUT2D eigenvalue weighted by molar-refractivity contribution is 5.81. The Labute approximate surface area is 341 Å². The first-order valence-electron chi connectivity index (χ1n) is 18.8. The zero-order chi connectivity index (χ0) is 43.9. The monoisotopic (exact) mass is 854 g/mol. The lowest BCUT2D eigenvalue weighted by Gasteiger charge is -2.39. The number of rotatable bonds is 12. The van der Waals surface area contributed by atoms with E-state index in [0.29, 0.717) is 0 Å². The lowest BCUT2D eigenvalue weighted by Crippen LogP contribution is -2.60. The van der Waals surface area contributed by atoms with Crippen molar-refractivity contribution in [3.05, 3.63) is 53.1 Å². The van der Waals surface area contributed by atoms with E-state index in [2.05, 4.69) is 0 Å². The molecule has 0 radical (unpaired) electrons. The minimum atomic E-state index is -1.81. The fraction of sp³-hybridized carbons (Fsp3) is 0.538. The van der Waals surface area contributed by atoms with E-state index in [1.165, 1.54) is 57.2 Å². The fourth-order valence-corrected chi connectivity index (χ4v) is 7.03. The smallest absolute Gasteiger partial charge is 0.229 e. The molecule has 3 fully saturated rings. The molecule has 0 bridgehead atoms. The molecule has 0 amide bonds. The van der Waals surface area contributed by atoms with Crippen LogP contribution in [-0.2, 0) is 14.2 Å². The van der Waals surface area contributed by atoms with Gasteiger partial charge in [-0.05, 0) is 67.8 Å². The van der Waals surface area contributed by atoms with Gasteiger partial charge < -0.3 is 105 Å². The molecule has 14 N–H and O–H groups in total. The van der Waals surface area contributed by atoms with Gasteiger partial charge in [0.1, 0.15) is 102 Å². The first-order chi connectivity index (χ1) is 28.4. The molecule has 15 atom stereocenters. The van der Waals surface area contributed by atoms with Crippen LogP contribution in [0.5, 0.6) is 40.2 Å². The first-order valence-corrected chi connectivity index (χ1v) is 18.8. The van der Waals surface area contributed by atoms with Gasteiger partial charge >= 0.3 is 0 Å². The van der Waals surface area contributed by atoms with Gasteiger partial charge in [0.05, 0.1) is 19.8 Å². The molecule has 0 aliphatic carbocycles. The van der Waals surface area contributed by atoms with Gasteiger partial charge in [-0.2, -0.15) is 0 Å². The second-order valence-corrected chi connectivity index (χ2v) is 14.9. The molecule has 3 aliphatic rings. The van der Waals surface area contributed by atoms with Gasteiger partial charge in [0.2, 0.25) is 18.9 Å². The van der Waals surface area contributed by atoms with Crippen molar-refractivity contribution in [2.75, 3.05) is 19.8 Å². The summed E-state index contributed by atoms with van der Waals surface area (Å²) >= 11 is 0. The highest BCUT2D eigenvalue weighted by Crippen LogP contribution is 2.48. The number of ether oxygens (including phenoxy) is 7. The summed E-state index contributed by atoms with van der Waals surface area (Å²) in [6.45, 7) is 2.34. The van der Waals surface area contributed by atoms with E-state index in [9.17, 15) is 71.5 Å². The minimum absolute atomic E-state index is 0.00625. The predicted molar refractivity (Wildman–Crippen MR) is 199 cm³/mol. The Morgan fingerprint density at radius 3 is 1.18 bits per heavy atom. The number of aromatic hydroxyl groups is 2. The van der Waals surface area contributed by atoms with E-state index in [1.54, 1.807) is 0 Å². The Morgan fingerprint density at radius 2 is 0.783 bits per heavy atom. The van der Waals surface area contributed by atoms with Crippen molar-refractivity contribution in [3.8, 4) is 51.4 Å². The number of phenolic OH excluding ortho intramolecular Hbond substituents is 2. The average molecular weight is 855 g/mol. The lowest BCUT2D eigenvalue weighted by molar-refractivity contribution is -0.277. The predicted octanol–water partition coefficient (Wildman–Crippen LogP) is -2.98. The Morgan fingerprint density at radius 1 is 0.433 bits per heavy atom. The highest BCUT2D eigenvalue weighted by atomic mass is 16.7. The molecule has 3 aromatic rings. The minimum Gasteiger partial charge on any atom is -0.507 e. The van der Waals surface area contributed by atoms with Gasteiger partial charge in [0.15, 0.2) is 11.5 Å². The number of phenols is 2. The summed E-state index contributed by atoms with van der Waals surface area (Å²) in [7, 11) is 0. The van der Waals surface area contributed by atoms with E-state index in [-0.39, 0.29) is 62.3 Å². The quantitative estimate of drug-likeness (QED) is 0.0864. The molecular weight excluding hydrogens is 804 g/mol. The third-order valence-electron chi connectivity index (χ3n) is 10.6. The summed E-state index contributed by atoms with van der Waals surface area (Å²) in [4.78, 5) is 0. The molecule has 6 rings (SSSR count). The molecule has 3 heterocycles. The number of hydrogen-bond donors (Lipinski definition) is 14. The second-order valence-electron chi connectivity index (χ2n) is 14.9. The van der Waals surface area contributed by atoms with Crippen molar-refractivity contribution >= 4 is 0 Å². The molecule has 0 aromatic heterocycles. The standard InChI is InChI=1S/C39H50O21/c1-13-4-16(54-37-33(51)30(48)27(45)22(10-40)58-37)7-19(25(13)43)20-8-17(55-38-34(52)31(49)28(46)23(11-41)59-38)6-15(3)36(20)57-21-9-18(5-14(2)26(21)44)56-39-35(53)32(50)29(47)24(12-42)60-39/h4-9,22-24,27-35,37-53H,10-12H2,1-3H3/t22?,23?,24?,27-,28-,29-,30?,31?,32?,33?,34?,35?,37-,38-,39-/m1/s1. The number of aryl methyl sites for hydroxylation is 3. The topological polar surface area (TPSA) is 348 Å². The molecule has 3 saturated heterocycles. The van der Waals surface area contributed by atoms with Crippen LogP contribution < -0.4 is 18.9 Å². The lowest BCUT2D eigenvalue weighted by atomic mass is 9.97. The largest absolute Gasteiger partial charge is 0.507 e. The first kappa shape index (κ1) is 45.4. The van der Waals surface area contributed by atoms with Crippen LogP contribution in [0.1, 0.15) is 16.7 Å². The van der Waals surface area contributed by atoms with E-state index < -0.39 is 118 Å². The summed E-state index contributed by atoms with van der Waals surface area (Å²) in [5.74, 6) is -1.28. The van der Waals surface area contributed by atoms with Crippen LogP contribution in [0, 0.1) is 20.8 Å². The summed E-state index contributed by atoms with van der Waals surface area (Å²) in [6.07, 6.45) is -24.4. The third kappa shape index (κ3) is 8.92. The molecule has 21 nitrogen and oxygen atoms in total. The van der Waals surface area contributed by atoms with Crippen LogP contribution in [-0.4, -0.2) is 183 Å². The summed E-state index contributed by atoms with van der Waals surface area (Å²) in [5, 5.41) is 145. The molecule has 3 aromatic carbocycles. The molecule has 60 heavy (non-hydrogen) atoms. The molecular formula is C39H50O21. The Bertz CT molecular complexity index is 1960. The van der Waals surface area contributed by atoms with E-state index in [1.807, 2.05) is 0 Å². The molecule has 3 aliphatic heterocycles. The molecule has 0 saturated carbocycles. The van der Waals surface area contributed by atoms with Crippen LogP contribution in [0.25, 0.3) is 11.1 Å². The normalized spacial score (nSPS) is 34.5. The summed E-state index contributed by atoms with van der Waals surface area (Å²) in [6, 6.07) is 7.91. The van der Waals surface area contributed by atoms with Crippen molar-refractivity contribution < 1.29 is 105 Å². The Balaban J connectivity index is 1.42. The molecule has 332 valence electrons. The number of hydrogen-bond acceptors (Lipinski definition) is 21. The maximum Gasteiger partial charge on any atom is 0.229 e. The highest BCUT2D eigenvalue weighted by Gasteiger charge is 2.47. The third-order valence-corrected chi connectivity index (χ3v) is 10.6. The van der Waals surface area contributed by atoms with Crippen LogP contribution in [0.15, 0.2) is 36.4 Å². The molecule has 21 heteroatoms. The van der Waals surface area contributed by atoms with Crippen LogP contribution >= 0.6 is 0 Å². The van der Waals surface area contributed by atoms with Crippen molar-refractivity contribution in [2.24, 2.45) is 0 Å². The van der Waals surface area contributed by atoms with Crippen molar-refractivity contribution in [2.45, 2.75) is 113 Å². The van der Waals surface area contributed by atoms with E-state index in [0.717, 1.165) is 0 Å². The average Bonchev–Trinajstić information content (AvgIpc) is 3.22. The van der Waals surface area contributed by atoms with Crippen molar-refractivity contribution in [1.82, 2.24) is 0 Å². The maximum atomic E-state index is 11.5. The Hall–Kier alpha value is -4.14. The van der Waals surface area contributed by atoms with Crippen LogP contribution in [0.2, 0.25) is 0 Å². The fourth-order valence-electron chi connectivity index (χ4n) is 7.03.